The largest absolute Gasteiger partial charge is 0.480 e. The van der Waals surface area contributed by atoms with Crippen LogP contribution in [0.15, 0.2) is 48.8 Å². The second-order valence-corrected chi connectivity index (χ2v) is 4.87. The smallest absolute Gasteiger partial charge is 0.224 e. The minimum absolute atomic E-state index is 0.0830. The van der Waals surface area contributed by atoms with E-state index < -0.39 is 0 Å². The lowest BCUT2D eigenvalue weighted by Gasteiger charge is -2.08. The molecule has 1 N–H and O–H groups in total. The third-order valence-electron chi connectivity index (χ3n) is 3.33. The van der Waals surface area contributed by atoms with Crippen LogP contribution in [0.3, 0.4) is 0 Å². The molecule has 110 valence electrons. The van der Waals surface area contributed by atoms with E-state index in [0.717, 1.165) is 27.7 Å². The summed E-state index contributed by atoms with van der Waals surface area (Å²) >= 11 is 0. The zero-order valence-electron chi connectivity index (χ0n) is 12.3. The minimum atomic E-state index is -0.0830. The highest BCUT2D eigenvalue weighted by Crippen LogP contribution is 2.28. The molecule has 5 nitrogen and oxygen atoms in total. The molecule has 1 heterocycles. The molecule has 2 aromatic carbocycles. The number of hydrogen-bond donors (Lipinski definition) is 1. The zero-order chi connectivity index (χ0) is 15.5. The molecular weight excluding hydrogens is 278 g/mol. The SMILES string of the molecule is COc1ncnc2ccc(-c3ccc(NC(C)=O)cc3)cc12. The highest BCUT2D eigenvalue weighted by atomic mass is 16.5. The number of benzene rings is 2. The van der Waals surface area contributed by atoms with Crippen LogP contribution in [-0.4, -0.2) is 23.0 Å². The van der Waals surface area contributed by atoms with Crippen LogP contribution in [0.25, 0.3) is 22.0 Å². The Morgan fingerprint density at radius 2 is 1.77 bits per heavy atom. The zero-order valence-corrected chi connectivity index (χ0v) is 12.3. The van der Waals surface area contributed by atoms with Crippen LogP contribution in [0.5, 0.6) is 5.88 Å². The van der Waals surface area contributed by atoms with Crippen LogP contribution < -0.4 is 10.1 Å². The van der Waals surface area contributed by atoms with Crippen LogP contribution >= 0.6 is 0 Å². The number of carbonyl (C=O) groups is 1. The van der Waals surface area contributed by atoms with E-state index in [4.69, 9.17) is 4.74 Å². The van der Waals surface area contributed by atoms with Crippen LogP contribution in [-0.2, 0) is 4.79 Å². The molecule has 0 aliphatic rings. The van der Waals surface area contributed by atoms with Crippen molar-refractivity contribution in [1.82, 2.24) is 9.97 Å². The molecule has 0 aliphatic heterocycles. The fourth-order valence-corrected chi connectivity index (χ4v) is 2.32. The number of hydrogen-bond acceptors (Lipinski definition) is 4. The number of amides is 1. The maximum absolute atomic E-state index is 11.0. The summed E-state index contributed by atoms with van der Waals surface area (Å²) in [7, 11) is 1.59. The summed E-state index contributed by atoms with van der Waals surface area (Å²) in [6.07, 6.45) is 1.49. The number of rotatable bonds is 3. The van der Waals surface area contributed by atoms with E-state index in [1.165, 1.54) is 13.3 Å². The molecule has 3 rings (SSSR count). The number of ether oxygens (including phenoxy) is 1. The average Bonchev–Trinajstić information content (AvgIpc) is 2.54. The first-order chi connectivity index (χ1) is 10.7. The van der Waals surface area contributed by atoms with Gasteiger partial charge in [0.25, 0.3) is 0 Å². The maximum atomic E-state index is 11.0. The Hall–Kier alpha value is -2.95. The lowest BCUT2D eigenvalue weighted by atomic mass is 10.0. The van der Waals surface area contributed by atoms with Gasteiger partial charge in [0.1, 0.15) is 6.33 Å². The summed E-state index contributed by atoms with van der Waals surface area (Å²) in [5, 5.41) is 3.62. The Labute approximate surface area is 128 Å². The quantitative estimate of drug-likeness (QED) is 0.805. The first-order valence-corrected chi connectivity index (χ1v) is 6.84. The van der Waals surface area contributed by atoms with Gasteiger partial charge in [-0.25, -0.2) is 9.97 Å². The van der Waals surface area contributed by atoms with E-state index in [9.17, 15) is 4.79 Å². The Morgan fingerprint density at radius 1 is 1.05 bits per heavy atom. The van der Waals surface area contributed by atoms with Gasteiger partial charge >= 0.3 is 0 Å². The highest BCUT2D eigenvalue weighted by Gasteiger charge is 2.06. The van der Waals surface area contributed by atoms with Gasteiger partial charge in [-0.1, -0.05) is 18.2 Å². The molecule has 0 unspecified atom stereocenters. The third-order valence-corrected chi connectivity index (χ3v) is 3.33. The Balaban J connectivity index is 2.01. The molecule has 0 aliphatic carbocycles. The summed E-state index contributed by atoms with van der Waals surface area (Å²) in [6, 6.07) is 13.6. The van der Waals surface area contributed by atoms with Crippen molar-refractivity contribution < 1.29 is 9.53 Å². The van der Waals surface area contributed by atoms with Gasteiger partial charge in [0.05, 0.1) is 18.0 Å². The van der Waals surface area contributed by atoms with Gasteiger partial charge in [-0.05, 0) is 35.4 Å². The molecule has 0 saturated heterocycles. The number of fused-ring (bicyclic) bond motifs is 1. The predicted molar refractivity (Wildman–Crippen MR) is 85.8 cm³/mol. The summed E-state index contributed by atoms with van der Waals surface area (Å²) in [4.78, 5) is 19.4. The second kappa shape index (κ2) is 5.81. The second-order valence-electron chi connectivity index (χ2n) is 4.87. The van der Waals surface area contributed by atoms with Gasteiger partial charge in [-0.2, -0.15) is 0 Å². The molecule has 1 amide bonds. The Kier molecular flexibility index (Phi) is 3.70. The molecule has 0 saturated carbocycles. The molecule has 0 fully saturated rings. The molecule has 1 aromatic heterocycles. The van der Waals surface area contributed by atoms with Crippen LogP contribution in [0.4, 0.5) is 5.69 Å². The molecular formula is C17H15N3O2. The lowest BCUT2D eigenvalue weighted by Crippen LogP contribution is -2.05. The number of anilines is 1. The molecule has 0 bridgehead atoms. The molecule has 22 heavy (non-hydrogen) atoms. The van der Waals surface area contributed by atoms with E-state index in [0.29, 0.717) is 5.88 Å². The van der Waals surface area contributed by atoms with Gasteiger partial charge in [0.15, 0.2) is 0 Å². The number of nitrogens with one attached hydrogen (secondary N) is 1. The van der Waals surface area contributed by atoms with Crippen molar-refractivity contribution in [3.63, 3.8) is 0 Å². The monoisotopic (exact) mass is 293 g/mol. The van der Waals surface area contributed by atoms with Gasteiger partial charge in [-0.15, -0.1) is 0 Å². The Bertz CT molecular complexity index is 829. The van der Waals surface area contributed by atoms with Crippen LogP contribution in [0, 0.1) is 0 Å². The molecule has 0 radical (unpaired) electrons. The summed E-state index contributed by atoms with van der Waals surface area (Å²) in [6.45, 7) is 1.49. The third kappa shape index (κ3) is 2.74. The van der Waals surface area contributed by atoms with Gasteiger partial charge in [-0.3, -0.25) is 4.79 Å². The predicted octanol–water partition coefficient (Wildman–Crippen LogP) is 3.26. The first kappa shape index (κ1) is 14.0. The van der Waals surface area contributed by atoms with Crippen molar-refractivity contribution in [1.29, 1.82) is 0 Å². The number of methoxy groups -OCH3 is 1. The number of carbonyl (C=O) groups excluding carboxylic acids is 1. The molecule has 0 spiro atoms. The molecule has 0 atom stereocenters. The fourth-order valence-electron chi connectivity index (χ4n) is 2.32. The minimum Gasteiger partial charge on any atom is -0.480 e. The number of nitrogens with zero attached hydrogens (tertiary/aromatic N) is 2. The summed E-state index contributed by atoms with van der Waals surface area (Å²) < 4.78 is 5.28. The van der Waals surface area contributed by atoms with Gasteiger partial charge in [0, 0.05) is 12.6 Å². The summed E-state index contributed by atoms with van der Waals surface area (Å²) in [5.41, 5.74) is 3.69. The summed E-state index contributed by atoms with van der Waals surface area (Å²) in [5.74, 6) is 0.474. The van der Waals surface area contributed by atoms with Gasteiger partial charge in [0.2, 0.25) is 11.8 Å². The maximum Gasteiger partial charge on any atom is 0.224 e. The molecule has 5 heteroatoms. The fraction of sp³-hybridized carbons (Fsp3) is 0.118. The average molecular weight is 293 g/mol. The number of aromatic nitrogens is 2. The van der Waals surface area contributed by atoms with Crippen molar-refractivity contribution in [2.24, 2.45) is 0 Å². The van der Waals surface area contributed by atoms with E-state index >= 15 is 0 Å². The van der Waals surface area contributed by atoms with E-state index in [1.807, 2.05) is 42.5 Å². The van der Waals surface area contributed by atoms with Crippen molar-refractivity contribution in [2.75, 3.05) is 12.4 Å². The lowest BCUT2D eigenvalue weighted by molar-refractivity contribution is -0.114. The first-order valence-electron chi connectivity index (χ1n) is 6.84. The Morgan fingerprint density at radius 3 is 2.45 bits per heavy atom. The van der Waals surface area contributed by atoms with Crippen LogP contribution in [0.2, 0.25) is 0 Å². The highest BCUT2D eigenvalue weighted by molar-refractivity contribution is 5.90. The van der Waals surface area contributed by atoms with Crippen molar-refractivity contribution in [3.05, 3.63) is 48.8 Å². The van der Waals surface area contributed by atoms with Crippen molar-refractivity contribution in [2.45, 2.75) is 6.92 Å². The molecule has 3 aromatic rings. The van der Waals surface area contributed by atoms with E-state index in [1.54, 1.807) is 7.11 Å². The standard InChI is InChI=1S/C17H15N3O2/c1-11(21)20-14-6-3-12(4-7-14)13-5-8-16-15(9-13)17(22-2)19-10-18-16/h3-10H,1-2H3,(H,20,21). The van der Waals surface area contributed by atoms with Crippen LogP contribution in [0.1, 0.15) is 6.92 Å². The van der Waals surface area contributed by atoms with E-state index in [2.05, 4.69) is 15.3 Å². The topological polar surface area (TPSA) is 64.1 Å². The van der Waals surface area contributed by atoms with Crippen molar-refractivity contribution in [3.8, 4) is 17.0 Å². The van der Waals surface area contributed by atoms with E-state index in [-0.39, 0.29) is 5.91 Å². The van der Waals surface area contributed by atoms with Crippen molar-refractivity contribution >= 4 is 22.5 Å². The van der Waals surface area contributed by atoms with Gasteiger partial charge < -0.3 is 10.1 Å². The normalized spacial score (nSPS) is 10.5.